The largest absolute Gasteiger partial charge is 0.459 e. The Morgan fingerprint density at radius 1 is 1.18 bits per heavy atom. The van der Waals surface area contributed by atoms with Crippen molar-refractivity contribution in [3.05, 3.63) is 11.6 Å². The lowest BCUT2D eigenvalue weighted by Crippen LogP contribution is -2.80. The number of esters is 1. The number of fused-ring (bicyclic) bond motifs is 2. The summed E-state index contributed by atoms with van der Waals surface area (Å²) in [6, 6.07) is 0. The second-order valence-electron chi connectivity index (χ2n) is 9.80. The summed E-state index contributed by atoms with van der Waals surface area (Å²) in [7, 11) is 0. The van der Waals surface area contributed by atoms with Gasteiger partial charge in [0.25, 0.3) is 0 Å². The average Bonchev–Trinajstić information content (AvgIpc) is 3.38. The second kappa shape index (κ2) is 4.70. The van der Waals surface area contributed by atoms with E-state index in [4.69, 9.17) is 14.2 Å². The van der Waals surface area contributed by atoms with E-state index in [0.717, 1.165) is 5.57 Å². The summed E-state index contributed by atoms with van der Waals surface area (Å²) >= 11 is 0. The lowest BCUT2D eigenvalue weighted by Gasteiger charge is -2.67. The van der Waals surface area contributed by atoms with Gasteiger partial charge in [-0.15, -0.1) is 0 Å². The van der Waals surface area contributed by atoms with Gasteiger partial charge in [-0.25, -0.2) is 0 Å². The molecule has 8 nitrogen and oxygen atoms in total. The molecule has 8 heteroatoms. The van der Waals surface area contributed by atoms with E-state index in [-0.39, 0.29) is 31.5 Å². The van der Waals surface area contributed by atoms with Gasteiger partial charge in [-0.1, -0.05) is 12.5 Å². The first-order valence-corrected chi connectivity index (χ1v) is 9.90. The first kappa shape index (κ1) is 17.5. The van der Waals surface area contributed by atoms with Crippen LogP contribution in [0.1, 0.15) is 26.7 Å². The molecule has 0 radical (unpaired) electrons. The van der Waals surface area contributed by atoms with E-state index >= 15 is 0 Å². The number of carbonyl (C=O) groups is 2. The molecule has 152 valence electrons. The van der Waals surface area contributed by atoms with E-state index in [9.17, 15) is 24.9 Å². The van der Waals surface area contributed by atoms with Gasteiger partial charge < -0.3 is 29.5 Å². The Kier molecular flexibility index (Phi) is 2.94. The maximum Gasteiger partial charge on any atom is 0.306 e. The third-order valence-corrected chi connectivity index (χ3v) is 8.80. The van der Waals surface area contributed by atoms with Crippen molar-refractivity contribution in [2.24, 2.45) is 23.2 Å². The molecule has 2 saturated carbocycles. The number of aliphatic hydroxyl groups excluding tert-OH is 2. The lowest BCUT2D eigenvalue weighted by molar-refractivity contribution is -0.300. The van der Waals surface area contributed by atoms with Gasteiger partial charge in [-0.2, -0.15) is 0 Å². The number of ketones is 1. The Bertz CT molecular complexity index is 847. The Balaban J connectivity index is 1.63. The predicted molar refractivity (Wildman–Crippen MR) is 90.8 cm³/mol. The molecule has 2 spiro atoms. The van der Waals surface area contributed by atoms with E-state index in [0.29, 0.717) is 6.42 Å². The van der Waals surface area contributed by atoms with E-state index in [1.165, 1.54) is 6.08 Å². The molecule has 3 aliphatic heterocycles. The first-order valence-electron chi connectivity index (χ1n) is 9.90. The van der Waals surface area contributed by atoms with Gasteiger partial charge >= 0.3 is 5.97 Å². The summed E-state index contributed by atoms with van der Waals surface area (Å²) in [5.74, 6) is -2.34. The van der Waals surface area contributed by atoms with Crippen LogP contribution in [0.5, 0.6) is 0 Å². The number of hydrogen-bond donors (Lipinski definition) is 3. The fraction of sp³-hybridized carbons (Fsp3) is 0.800. The molecular weight excluding hydrogens is 368 g/mol. The van der Waals surface area contributed by atoms with Crippen LogP contribution in [0, 0.1) is 23.2 Å². The van der Waals surface area contributed by atoms with E-state index in [1.807, 2.05) is 6.92 Å². The number of rotatable bonds is 0. The summed E-state index contributed by atoms with van der Waals surface area (Å²) < 4.78 is 17.7. The summed E-state index contributed by atoms with van der Waals surface area (Å²) in [4.78, 5) is 25.0. The molecule has 3 heterocycles. The van der Waals surface area contributed by atoms with Crippen molar-refractivity contribution in [3.8, 4) is 0 Å². The fourth-order valence-electron chi connectivity index (χ4n) is 7.74. The first-order chi connectivity index (χ1) is 13.1. The minimum Gasteiger partial charge on any atom is -0.459 e. The van der Waals surface area contributed by atoms with E-state index in [2.05, 4.69) is 0 Å². The van der Waals surface area contributed by atoms with Crippen LogP contribution in [0.3, 0.4) is 0 Å². The third-order valence-electron chi connectivity index (χ3n) is 8.80. The van der Waals surface area contributed by atoms with Crippen LogP contribution in [-0.2, 0) is 23.8 Å². The minimum absolute atomic E-state index is 0.0136. The van der Waals surface area contributed by atoms with E-state index < -0.39 is 58.1 Å². The number of ether oxygens (including phenoxy) is 3. The number of carbonyl (C=O) groups excluding carboxylic acids is 2. The van der Waals surface area contributed by atoms with Crippen LogP contribution in [0.4, 0.5) is 0 Å². The molecule has 0 aromatic rings. The normalized spacial score (nSPS) is 61.4. The van der Waals surface area contributed by atoms with Crippen molar-refractivity contribution in [1.82, 2.24) is 0 Å². The Morgan fingerprint density at radius 2 is 1.89 bits per heavy atom. The third kappa shape index (κ3) is 1.54. The van der Waals surface area contributed by atoms with E-state index in [1.54, 1.807) is 6.92 Å². The maximum atomic E-state index is 12.6. The molecule has 28 heavy (non-hydrogen) atoms. The van der Waals surface area contributed by atoms with Crippen molar-refractivity contribution >= 4 is 11.8 Å². The Hall–Kier alpha value is -1.32. The lowest BCUT2D eigenvalue weighted by atomic mass is 9.40. The monoisotopic (exact) mass is 392 g/mol. The molecule has 2 bridgehead atoms. The average molecular weight is 392 g/mol. The Morgan fingerprint density at radius 3 is 2.57 bits per heavy atom. The SMILES string of the molecule is CC1=CC(=O)[C@@H](O)[C@]2(C)[C@@H]3C45OC[C@]3(O)[C@H](O)[C@@]3(CO3)[C@@H]4CC(=O)O[C@@H]5C[C@@H]12. The van der Waals surface area contributed by atoms with Gasteiger partial charge in [-0.05, 0) is 25.3 Å². The molecule has 3 saturated heterocycles. The van der Waals surface area contributed by atoms with Crippen molar-refractivity contribution in [3.63, 3.8) is 0 Å². The van der Waals surface area contributed by atoms with Crippen LogP contribution in [-0.4, -0.2) is 75.4 Å². The van der Waals surface area contributed by atoms with Crippen LogP contribution < -0.4 is 0 Å². The number of hydrogen-bond acceptors (Lipinski definition) is 8. The highest BCUT2D eigenvalue weighted by Crippen LogP contribution is 2.73. The zero-order valence-electron chi connectivity index (χ0n) is 15.8. The van der Waals surface area contributed by atoms with Crippen molar-refractivity contribution in [2.75, 3.05) is 13.2 Å². The van der Waals surface area contributed by atoms with Crippen molar-refractivity contribution in [2.45, 2.75) is 61.8 Å². The van der Waals surface area contributed by atoms with Gasteiger partial charge in [0.2, 0.25) is 0 Å². The molecule has 3 N–H and O–H groups in total. The van der Waals surface area contributed by atoms with Gasteiger partial charge in [0.1, 0.15) is 35.1 Å². The van der Waals surface area contributed by atoms with Gasteiger partial charge in [-0.3, -0.25) is 9.59 Å². The highest BCUT2D eigenvalue weighted by Gasteiger charge is 2.87. The molecule has 0 aromatic carbocycles. The molecule has 0 amide bonds. The smallest absolute Gasteiger partial charge is 0.306 e. The summed E-state index contributed by atoms with van der Waals surface area (Å²) in [5.41, 5.74) is -4.12. The molecule has 10 atom stereocenters. The zero-order valence-corrected chi connectivity index (χ0v) is 15.8. The summed E-state index contributed by atoms with van der Waals surface area (Å²) in [6.07, 6.45) is -1.40. The molecule has 6 aliphatic rings. The fourth-order valence-corrected chi connectivity index (χ4v) is 7.74. The van der Waals surface area contributed by atoms with Gasteiger partial charge in [0.15, 0.2) is 5.78 Å². The van der Waals surface area contributed by atoms with Crippen LogP contribution in [0.15, 0.2) is 11.6 Å². The highest BCUT2D eigenvalue weighted by molar-refractivity contribution is 5.96. The molecular formula is C20H24O8. The number of allylic oxidation sites excluding steroid dienone is 1. The van der Waals surface area contributed by atoms with Gasteiger partial charge in [0.05, 0.1) is 19.6 Å². The maximum absolute atomic E-state index is 12.6. The summed E-state index contributed by atoms with van der Waals surface area (Å²) in [6.45, 7) is 3.70. The van der Waals surface area contributed by atoms with Gasteiger partial charge in [0, 0.05) is 17.3 Å². The van der Waals surface area contributed by atoms with Crippen LogP contribution >= 0.6 is 0 Å². The number of epoxide rings is 1. The molecule has 0 aromatic heterocycles. The molecule has 5 fully saturated rings. The van der Waals surface area contributed by atoms with Crippen LogP contribution in [0.2, 0.25) is 0 Å². The highest BCUT2D eigenvalue weighted by atomic mass is 16.6. The quantitative estimate of drug-likeness (QED) is 0.358. The standard InChI is InChI=1S/C20H24O8/c1-8-3-10(21)14(23)17(2)9(8)4-12-20-11(5-13(22)28-12)19(7-26-19)16(24)18(25,6-27-20)15(17)20/h3,9,11-12,14-16,23-25H,4-7H2,1-2H3/t9-,11-,12+,14+,15-,16-,17+,18+,19+,20?/m0/s1. The van der Waals surface area contributed by atoms with Crippen LogP contribution in [0.25, 0.3) is 0 Å². The topological polar surface area (TPSA) is 126 Å². The Labute approximate surface area is 161 Å². The number of aliphatic hydroxyl groups is 3. The second-order valence-corrected chi connectivity index (χ2v) is 9.80. The minimum atomic E-state index is -1.71. The molecule has 1 unspecified atom stereocenters. The summed E-state index contributed by atoms with van der Waals surface area (Å²) in [5, 5.41) is 34.0. The van der Waals surface area contributed by atoms with Crippen molar-refractivity contribution < 1.29 is 39.1 Å². The predicted octanol–water partition coefficient (Wildman–Crippen LogP) is -0.906. The zero-order chi connectivity index (χ0) is 19.9. The molecule has 6 rings (SSSR count). The van der Waals surface area contributed by atoms with Crippen molar-refractivity contribution in [1.29, 1.82) is 0 Å². The molecule has 3 aliphatic carbocycles.